The molecule has 0 bridgehead atoms. The molecular formula is C19H22N2O3S. The number of carbonyl (C=O) groups excluding carboxylic acids is 1. The van der Waals surface area contributed by atoms with E-state index in [0.29, 0.717) is 21.7 Å². The number of sulfonamides is 1. The Morgan fingerprint density at radius 3 is 2.20 bits per heavy atom. The van der Waals surface area contributed by atoms with Crippen LogP contribution in [0.15, 0.2) is 35.2 Å². The molecule has 2 N–H and O–H groups in total. The van der Waals surface area contributed by atoms with Gasteiger partial charge >= 0.3 is 0 Å². The molecule has 2 aromatic carbocycles. The van der Waals surface area contributed by atoms with Gasteiger partial charge in [-0.1, -0.05) is 17.7 Å². The predicted octanol–water partition coefficient (Wildman–Crippen LogP) is 3.64. The summed E-state index contributed by atoms with van der Waals surface area (Å²) in [7, 11) is -3.71. The number of hydrogen-bond acceptors (Lipinski definition) is 3. The summed E-state index contributed by atoms with van der Waals surface area (Å²) in [5, 5.41) is 2.82. The summed E-state index contributed by atoms with van der Waals surface area (Å²) >= 11 is 0. The van der Waals surface area contributed by atoms with Gasteiger partial charge in [0.25, 0.3) is 10.0 Å². The van der Waals surface area contributed by atoms with Crippen LogP contribution in [0.4, 0.5) is 11.4 Å². The average Bonchev–Trinajstić information content (AvgIpc) is 2.67. The number of anilines is 2. The highest BCUT2D eigenvalue weighted by Gasteiger charge is 2.38. The van der Waals surface area contributed by atoms with E-state index in [0.717, 1.165) is 16.8 Å². The number of aryl methyl sites for hydroxylation is 3. The predicted molar refractivity (Wildman–Crippen MR) is 99.6 cm³/mol. The topological polar surface area (TPSA) is 75.3 Å². The normalized spacial score (nSPS) is 15.6. The molecule has 5 nitrogen and oxygen atoms in total. The van der Waals surface area contributed by atoms with Gasteiger partial charge < -0.3 is 5.32 Å². The van der Waals surface area contributed by atoms with Gasteiger partial charge in [0.05, 0.1) is 10.3 Å². The zero-order valence-corrected chi connectivity index (χ0v) is 15.8. The first kappa shape index (κ1) is 17.5. The average molecular weight is 358 g/mol. The van der Waals surface area contributed by atoms with Crippen molar-refractivity contribution in [3.8, 4) is 0 Å². The molecule has 1 heterocycles. The minimum Gasteiger partial charge on any atom is -0.325 e. The van der Waals surface area contributed by atoms with Gasteiger partial charge in [0, 0.05) is 11.4 Å². The second-order valence-corrected chi connectivity index (χ2v) is 8.79. The minimum atomic E-state index is -3.71. The Balaban J connectivity index is 2.02. The van der Waals surface area contributed by atoms with E-state index in [9.17, 15) is 13.2 Å². The summed E-state index contributed by atoms with van der Waals surface area (Å²) in [5.74, 6) is -0.0901. The van der Waals surface area contributed by atoms with Gasteiger partial charge in [-0.3, -0.25) is 9.52 Å². The first-order valence-corrected chi connectivity index (χ1v) is 9.57. The van der Waals surface area contributed by atoms with E-state index in [1.165, 1.54) is 0 Å². The quantitative estimate of drug-likeness (QED) is 0.879. The summed E-state index contributed by atoms with van der Waals surface area (Å²) in [4.78, 5) is 12.3. The van der Waals surface area contributed by atoms with Crippen molar-refractivity contribution < 1.29 is 13.2 Å². The largest absolute Gasteiger partial charge is 0.325 e. The summed E-state index contributed by atoms with van der Waals surface area (Å²) < 4.78 is 28.4. The molecule has 0 atom stereocenters. The molecule has 25 heavy (non-hydrogen) atoms. The van der Waals surface area contributed by atoms with Crippen molar-refractivity contribution in [3.63, 3.8) is 0 Å². The van der Waals surface area contributed by atoms with Crippen LogP contribution < -0.4 is 10.0 Å². The zero-order valence-electron chi connectivity index (χ0n) is 15.0. The fourth-order valence-corrected chi connectivity index (χ4v) is 4.94. The number of amides is 1. The highest BCUT2D eigenvalue weighted by molar-refractivity contribution is 7.92. The molecule has 0 unspecified atom stereocenters. The molecular weight excluding hydrogens is 336 g/mol. The highest BCUT2D eigenvalue weighted by atomic mass is 32.2. The van der Waals surface area contributed by atoms with E-state index in [1.807, 2.05) is 32.9 Å². The molecule has 0 fully saturated rings. The molecule has 1 amide bonds. The third-order valence-electron chi connectivity index (χ3n) is 4.63. The lowest BCUT2D eigenvalue weighted by Gasteiger charge is -2.17. The van der Waals surface area contributed by atoms with E-state index >= 15 is 0 Å². The van der Waals surface area contributed by atoms with Crippen molar-refractivity contribution in [2.75, 3.05) is 10.0 Å². The van der Waals surface area contributed by atoms with Crippen molar-refractivity contribution in [2.24, 2.45) is 0 Å². The summed E-state index contributed by atoms with van der Waals surface area (Å²) in [6, 6.07) is 8.83. The van der Waals surface area contributed by atoms with E-state index in [4.69, 9.17) is 0 Å². The fourth-order valence-electron chi connectivity index (χ4n) is 3.43. The lowest BCUT2D eigenvalue weighted by Crippen LogP contribution is -2.27. The molecule has 1 aliphatic rings. The van der Waals surface area contributed by atoms with Crippen molar-refractivity contribution in [1.29, 1.82) is 0 Å². The van der Waals surface area contributed by atoms with Gasteiger partial charge in [0.15, 0.2) is 0 Å². The maximum atomic E-state index is 12.9. The fraction of sp³-hybridized carbons (Fsp3) is 0.316. The van der Waals surface area contributed by atoms with Crippen LogP contribution in [0.2, 0.25) is 0 Å². The summed E-state index contributed by atoms with van der Waals surface area (Å²) in [5.41, 5.74) is 3.72. The van der Waals surface area contributed by atoms with E-state index in [2.05, 4.69) is 10.0 Å². The van der Waals surface area contributed by atoms with Gasteiger partial charge in [0.1, 0.15) is 0 Å². The molecule has 0 radical (unpaired) electrons. The SMILES string of the molecule is Cc1cc(C)c(S(=O)(=O)Nc2ccc3c(c2)C(C)(C)C(=O)N3)c(C)c1. The van der Waals surface area contributed by atoms with E-state index in [1.54, 1.807) is 32.0 Å². The highest BCUT2D eigenvalue weighted by Crippen LogP contribution is 2.39. The minimum absolute atomic E-state index is 0.0901. The molecule has 0 spiro atoms. The van der Waals surface area contributed by atoms with Gasteiger partial charge in [-0.2, -0.15) is 0 Å². The Labute approximate surface area is 148 Å². The number of rotatable bonds is 3. The zero-order chi connectivity index (χ0) is 18.6. The third kappa shape index (κ3) is 2.91. The number of carbonyl (C=O) groups is 1. The molecule has 132 valence electrons. The lowest BCUT2D eigenvalue weighted by atomic mass is 9.86. The van der Waals surface area contributed by atoms with Crippen LogP contribution in [0.3, 0.4) is 0 Å². The Kier molecular flexibility index (Phi) is 3.91. The molecule has 2 aromatic rings. The van der Waals surface area contributed by atoms with Crippen LogP contribution in [0.25, 0.3) is 0 Å². The molecule has 6 heteroatoms. The van der Waals surface area contributed by atoms with Crippen molar-refractivity contribution in [2.45, 2.75) is 44.9 Å². The Morgan fingerprint density at radius 2 is 1.60 bits per heavy atom. The Morgan fingerprint density at radius 1 is 1.00 bits per heavy atom. The first-order chi connectivity index (χ1) is 11.5. The maximum Gasteiger partial charge on any atom is 0.262 e. The monoisotopic (exact) mass is 358 g/mol. The van der Waals surface area contributed by atoms with Crippen LogP contribution in [0, 0.1) is 20.8 Å². The van der Waals surface area contributed by atoms with Gasteiger partial charge in [0.2, 0.25) is 5.91 Å². The van der Waals surface area contributed by atoms with Gasteiger partial charge in [-0.15, -0.1) is 0 Å². The van der Waals surface area contributed by atoms with Crippen LogP contribution >= 0.6 is 0 Å². The second-order valence-electron chi connectivity index (χ2n) is 7.17. The Bertz CT molecular complexity index is 969. The van der Waals surface area contributed by atoms with Gasteiger partial charge in [-0.25, -0.2) is 8.42 Å². The van der Waals surface area contributed by atoms with Gasteiger partial charge in [-0.05, 0) is 69.5 Å². The van der Waals surface area contributed by atoms with Crippen molar-refractivity contribution in [3.05, 3.63) is 52.6 Å². The molecule has 0 aliphatic carbocycles. The smallest absolute Gasteiger partial charge is 0.262 e. The van der Waals surface area contributed by atoms with Crippen LogP contribution in [-0.4, -0.2) is 14.3 Å². The van der Waals surface area contributed by atoms with Crippen molar-refractivity contribution >= 4 is 27.3 Å². The molecule has 0 aromatic heterocycles. The number of fused-ring (bicyclic) bond motifs is 1. The molecule has 3 rings (SSSR count). The number of hydrogen-bond donors (Lipinski definition) is 2. The maximum absolute atomic E-state index is 12.9. The summed E-state index contributed by atoms with van der Waals surface area (Å²) in [6.07, 6.45) is 0. The first-order valence-electron chi connectivity index (χ1n) is 8.09. The Hall–Kier alpha value is -2.34. The van der Waals surface area contributed by atoms with Crippen LogP contribution in [0.1, 0.15) is 36.1 Å². The van der Waals surface area contributed by atoms with Crippen molar-refractivity contribution in [1.82, 2.24) is 0 Å². The molecule has 1 aliphatic heterocycles. The second kappa shape index (κ2) is 5.59. The molecule has 0 saturated heterocycles. The summed E-state index contributed by atoms with van der Waals surface area (Å²) in [6.45, 7) is 9.17. The van der Waals surface area contributed by atoms with E-state index < -0.39 is 15.4 Å². The number of nitrogens with one attached hydrogen (secondary N) is 2. The van der Waals surface area contributed by atoms with Crippen LogP contribution in [-0.2, 0) is 20.2 Å². The van der Waals surface area contributed by atoms with E-state index in [-0.39, 0.29) is 5.91 Å². The third-order valence-corrected chi connectivity index (χ3v) is 6.32. The standard InChI is InChI=1S/C19H22N2O3S/c1-11-8-12(2)17(13(3)9-11)25(23,24)21-14-6-7-16-15(10-14)19(4,5)18(22)20-16/h6-10,21H,1-5H3,(H,20,22). The van der Waals surface area contributed by atoms with Crippen LogP contribution in [0.5, 0.6) is 0 Å². The lowest BCUT2D eigenvalue weighted by molar-refractivity contribution is -0.119. The number of benzene rings is 2. The molecule has 0 saturated carbocycles.